The molecule has 0 aliphatic carbocycles. The van der Waals surface area contributed by atoms with Crippen LogP contribution in [0.3, 0.4) is 0 Å². The predicted octanol–water partition coefficient (Wildman–Crippen LogP) is 10.4. The SMILES string of the molecule is CCCCCCCCCCCCOc1cc(Br)c(OCCCCCCCCCCCO)cc1Br. The molecule has 0 atom stereocenters. The molecule has 1 rings (SSSR count). The van der Waals surface area contributed by atoms with Crippen molar-refractivity contribution < 1.29 is 14.6 Å². The third kappa shape index (κ3) is 17.2. The molecule has 0 bridgehead atoms. The van der Waals surface area contributed by atoms with Crippen molar-refractivity contribution in [3.05, 3.63) is 21.1 Å². The highest BCUT2D eigenvalue weighted by atomic mass is 79.9. The molecule has 0 aliphatic rings. The summed E-state index contributed by atoms with van der Waals surface area (Å²) in [6.45, 7) is 4.13. The van der Waals surface area contributed by atoms with E-state index >= 15 is 0 Å². The maximum Gasteiger partial charge on any atom is 0.134 e. The van der Waals surface area contributed by atoms with Crippen LogP contribution in [0, 0.1) is 0 Å². The Kier molecular flexibility index (Phi) is 21.6. The van der Waals surface area contributed by atoms with E-state index < -0.39 is 0 Å². The molecule has 0 spiro atoms. The Morgan fingerprint density at radius 1 is 0.529 bits per heavy atom. The minimum absolute atomic E-state index is 0.335. The van der Waals surface area contributed by atoms with Gasteiger partial charge in [-0.3, -0.25) is 0 Å². The number of rotatable bonds is 24. The summed E-state index contributed by atoms with van der Waals surface area (Å²) in [6.07, 6.45) is 24.2. The van der Waals surface area contributed by atoms with Gasteiger partial charge in [0, 0.05) is 6.61 Å². The molecule has 1 N–H and O–H groups in total. The molecule has 0 saturated heterocycles. The van der Waals surface area contributed by atoms with Crippen LogP contribution < -0.4 is 9.47 Å². The lowest BCUT2D eigenvalue weighted by atomic mass is 10.1. The lowest BCUT2D eigenvalue weighted by Crippen LogP contribution is -2.01. The first-order valence-electron chi connectivity index (χ1n) is 14.0. The van der Waals surface area contributed by atoms with Crippen molar-refractivity contribution in [2.24, 2.45) is 0 Å². The van der Waals surface area contributed by atoms with E-state index in [2.05, 4.69) is 38.8 Å². The van der Waals surface area contributed by atoms with Gasteiger partial charge in [-0.25, -0.2) is 0 Å². The molecule has 0 amide bonds. The normalized spacial score (nSPS) is 11.2. The maximum atomic E-state index is 8.79. The molecule has 1 aromatic carbocycles. The monoisotopic (exact) mass is 604 g/mol. The minimum atomic E-state index is 0.335. The van der Waals surface area contributed by atoms with Gasteiger partial charge in [-0.15, -0.1) is 0 Å². The van der Waals surface area contributed by atoms with E-state index in [1.165, 1.54) is 96.3 Å². The van der Waals surface area contributed by atoms with E-state index in [0.717, 1.165) is 59.3 Å². The number of halogens is 2. The van der Waals surface area contributed by atoms with Crippen LogP contribution in [0.25, 0.3) is 0 Å². The van der Waals surface area contributed by atoms with Gasteiger partial charge in [0.05, 0.1) is 22.2 Å². The number of aliphatic hydroxyl groups is 1. The molecule has 0 aromatic heterocycles. The number of benzene rings is 1. The zero-order valence-corrected chi connectivity index (χ0v) is 24.9. The summed E-state index contributed by atoms with van der Waals surface area (Å²) < 4.78 is 13.9. The Labute approximate surface area is 227 Å². The smallest absolute Gasteiger partial charge is 0.134 e. The van der Waals surface area contributed by atoms with E-state index in [1.807, 2.05) is 12.1 Å². The van der Waals surface area contributed by atoms with Gasteiger partial charge in [0.25, 0.3) is 0 Å². The second-order valence-corrected chi connectivity index (χ2v) is 11.2. The minimum Gasteiger partial charge on any atom is -0.492 e. The van der Waals surface area contributed by atoms with E-state index in [0.29, 0.717) is 6.61 Å². The summed E-state index contributed by atoms with van der Waals surface area (Å²) >= 11 is 7.29. The van der Waals surface area contributed by atoms with Crippen LogP contribution in [0.1, 0.15) is 129 Å². The first kappa shape index (κ1) is 31.8. The van der Waals surface area contributed by atoms with Crippen LogP contribution in [0.2, 0.25) is 0 Å². The van der Waals surface area contributed by atoms with Crippen LogP contribution in [0.4, 0.5) is 0 Å². The second kappa shape index (κ2) is 23.2. The van der Waals surface area contributed by atoms with Crippen LogP contribution >= 0.6 is 31.9 Å². The van der Waals surface area contributed by atoms with Crippen molar-refractivity contribution in [2.45, 2.75) is 129 Å². The molecular formula is C29H50Br2O3. The van der Waals surface area contributed by atoms with E-state index in [4.69, 9.17) is 14.6 Å². The molecule has 34 heavy (non-hydrogen) atoms. The van der Waals surface area contributed by atoms with E-state index in [9.17, 15) is 0 Å². The average Bonchev–Trinajstić information content (AvgIpc) is 2.83. The summed E-state index contributed by atoms with van der Waals surface area (Å²) in [5.41, 5.74) is 0. The molecular weight excluding hydrogens is 556 g/mol. The molecule has 0 heterocycles. The topological polar surface area (TPSA) is 38.7 Å². The highest BCUT2D eigenvalue weighted by Crippen LogP contribution is 2.36. The van der Waals surface area contributed by atoms with Crippen molar-refractivity contribution in [1.82, 2.24) is 0 Å². The molecule has 0 unspecified atom stereocenters. The molecule has 0 aliphatic heterocycles. The molecule has 0 radical (unpaired) electrons. The summed E-state index contributed by atoms with van der Waals surface area (Å²) in [7, 11) is 0. The van der Waals surface area contributed by atoms with Crippen molar-refractivity contribution in [3.63, 3.8) is 0 Å². The summed E-state index contributed by atoms with van der Waals surface area (Å²) in [4.78, 5) is 0. The number of ether oxygens (including phenoxy) is 2. The van der Waals surface area contributed by atoms with Gasteiger partial charge in [-0.1, -0.05) is 110 Å². The fourth-order valence-corrected chi connectivity index (χ4v) is 5.01. The fraction of sp³-hybridized carbons (Fsp3) is 0.793. The first-order chi connectivity index (χ1) is 16.7. The van der Waals surface area contributed by atoms with Crippen molar-refractivity contribution in [1.29, 1.82) is 0 Å². The number of hydrogen-bond donors (Lipinski definition) is 1. The van der Waals surface area contributed by atoms with Gasteiger partial charge in [0.2, 0.25) is 0 Å². The predicted molar refractivity (Wildman–Crippen MR) is 153 cm³/mol. The second-order valence-electron chi connectivity index (χ2n) is 9.50. The quantitative estimate of drug-likeness (QED) is 0.119. The molecule has 5 heteroatoms. The standard InChI is InChI=1S/C29H50Br2O3/c1-2-3-4-5-6-7-10-13-16-19-22-33-28-24-27(31)29(25-26(28)30)34-23-20-17-14-11-8-9-12-15-18-21-32/h24-25,32H,2-23H2,1H3. The van der Waals surface area contributed by atoms with Crippen LogP contribution in [0.15, 0.2) is 21.1 Å². The van der Waals surface area contributed by atoms with E-state index in [-0.39, 0.29) is 0 Å². The highest BCUT2D eigenvalue weighted by molar-refractivity contribution is 9.11. The van der Waals surface area contributed by atoms with Crippen molar-refractivity contribution in [3.8, 4) is 11.5 Å². The van der Waals surface area contributed by atoms with Crippen LogP contribution in [-0.4, -0.2) is 24.9 Å². The maximum absolute atomic E-state index is 8.79. The number of hydrogen-bond acceptors (Lipinski definition) is 3. The highest BCUT2D eigenvalue weighted by Gasteiger charge is 2.09. The van der Waals surface area contributed by atoms with Gasteiger partial charge in [0.15, 0.2) is 0 Å². The Balaban J connectivity index is 2.07. The van der Waals surface area contributed by atoms with Crippen molar-refractivity contribution in [2.75, 3.05) is 19.8 Å². The Morgan fingerprint density at radius 3 is 1.21 bits per heavy atom. The summed E-state index contributed by atoms with van der Waals surface area (Å²) in [5, 5.41) is 8.79. The third-order valence-electron chi connectivity index (χ3n) is 6.30. The summed E-state index contributed by atoms with van der Waals surface area (Å²) in [6, 6.07) is 4.04. The Morgan fingerprint density at radius 2 is 0.853 bits per heavy atom. The van der Waals surface area contributed by atoms with E-state index in [1.54, 1.807) is 0 Å². The zero-order valence-electron chi connectivity index (χ0n) is 21.7. The van der Waals surface area contributed by atoms with Gasteiger partial charge in [0.1, 0.15) is 11.5 Å². The molecule has 1 aromatic rings. The molecule has 0 fully saturated rings. The Hall–Kier alpha value is -0.260. The summed E-state index contributed by atoms with van der Waals surface area (Å²) in [5.74, 6) is 1.76. The fourth-order valence-electron chi connectivity index (χ4n) is 4.14. The zero-order chi connectivity index (χ0) is 24.7. The van der Waals surface area contributed by atoms with Gasteiger partial charge in [-0.2, -0.15) is 0 Å². The number of unbranched alkanes of at least 4 members (excludes halogenated alkanes) is 17. The lowest BCUT2D eigenvalue weighted by Gasteiger charge is -2.13. The van der Waals surface area contributed by atoms with Gasteiger partial charge in [-0.05, 0) is 63.3 Å². The first-order valence-corrected chi connectivity index (χ1v) is 15.6. The average molecular weight is 607 g/mol. The largest absolute Gasteiger partial charge is 0.492 e. The Bertz CT molecular complexity index is 543. The van der Waals surface area contributed by atoms with Gasteiger partial charge >= 0.3 is 0 Å². The third-order valence-corrected chi connectivity index (χ3v) is 7.54. The lowest BCUT2D eigenvalue weighted by molar-refractivity contribution is 0.282. The molecule has 3 nitrogen and oxygen atoms in total. The number of aliphatic hydroxyl groups excluding tert-OH is 1. The molecule has 198 valence electrons. The van der Waals surface area contributed by atoms with Gasteiger partial charge < -0.3 is 14.6 Å². The van der Waals surface area contributed by atoms with Crippen LogP contribution in [0.5, 0.6) is 11.5 Å². The van der Waals surface area contributed by atoms with Crippen molar-refractivity contribution >= 4 is 31.9 Å². The van der Waals surface area contributed by atoms with Crippen LogP contribution in [-0.2, 0) is 0 Å². The molecule has 0 saturated carbocycles.